The maximum absolute atomic E-state index is 12.8. The second-order valence-corrected chi connectivity index (χ2v) is 7.89. The van der Waals surface area contributed by atoms with Gasteiger partial charge >= 0.3 is 0 Å². The van der Waals surface area contributed by atoms with E-state index in [4.69, 9.17) is 5.73 Å². The zero-order valence-corrected chi connectivity index (χ0v) is 14.8. The van der Waals surface area contributed by atoms with Crippen LogP contribution < -0.4 is 11.1 Å². The average Bonchev–Trinajstić information content (AvgIpc) is 3.20. The van der Waals surface area contributed by atoms with Crippen LogP contribution in [-0.2, 0) is 13.0 Å². The van der Waals surface area contributed by atoms with Crippen molar-refractivity contribution in [1.82, 2.24) is 10.2 Å². The van der Waals surface area contributed by atoms with E-state index in [1.54, 1.807) is 11.3 Å². The number of benzene rings is 1. The van der Waals surface area contributed by atoms with E-state index in [-0.39, 0.29) is 11.9 Å². The number of aryl methyl sites for hydroxylation is 1. The fourth-order valence-corrected chi connectivity index (χ4v) is 4.72. The number of nitrogens with one attached hydrogen (secondary N) is 1. The Balaban J connectivity index is 1.62. The number of fused-ring (bicyclic) bond motifs is 1. The lowest BCUT2D eigenvalue weighted by Crippen LogP contribution is -2.31. The average molecular weight is 341 g/mol. The van der Waals surface area contributed by atoms with E-state index in [2.05, 4.69) is 29.6 Å². The molecule has 1 fully saturated rings. The predicted octanol–water partition coefficient (Wildman–Crippen LogP) is 2.54. The van der Waals surface area contributed by atoms with E-state index < -0.39 is 0 Å². The van der Waals surface area contributed by atoms with Crippen LogP contribution in [0, 0.1) is 6.92 Å². The smallest absolute Gasteiger partial charge is 0.264 e. The fraction of sp³-hybridized carbons (Fsp3) is 0.421. The standard InChI is InChI=1S/C19H23N3OS/c1-12-8-17(14-2-3-15-10-21-6-4-13(15)9-14)24-18(12)19(23)22-7-5-16(20)11-22/h2-3,8-9,16,21H,4-7,10-11,20H2,1H3/t16-/m0/s1. The molecule has 3 N–H and O–H groups in total. The van der Waals surface area contributed by atoms with Gasteiger partial charge in [-0.15, -0.1) is 11.3 Å². The van der Waals surface area contributed by atoms with E-state index in [1.165, 1.54) is 21.6 Å². The van der Waals surface area contributed by atoms with Crippen LogP contribution in [0.4, 0.5) is 0 Å². The Morgan fingerprint density at radius 3 is 3.00 bits per heavy atom. The number of amides is 1. The molecule has 0 aliphatic carbocycles. The Morgan fingerprint density at radius 1 is 1.33 bits per heavy atom. The van der Waals surface area contributed by atoms with Gasteiger partial charge in [-0.05, 0) is 60.7 Å². The molecule has 3 heterocycles. The van der Waals surface area contributed by atoms with Crippen molar-refractivity contribution in [1.29, 1.82) is 0 Å². The molecule has 4 nitrogen and oxygen atoms in total. The van der Waals surface area contributed by atoms with Crippen LogP contribution in [0.3, 0.4) is 0 Å². The Kier molecular flexibility index (Phi) is 4.16. The summed E-state index contributed by atoms with van der Waals surface area (Å²) in [5.41, 5.74) is 11.1. The molecule has 0 saturated carbocycles. The molecule has 1 amide bonds. The molecule has 0 unspecified atom stereocenters. The zero-order valence-electron chi connectivity index (χ0n) is 14.0. The summed E-state index contributed by atoms with van der Waals surface area (Å²) in [6.45, 7) is 5.48. The van der Waals surface area contributed by atoms with Crippen molar-refractivity contribution in [2.24, 2.45) is 5.73 Å². The van der Waals surface area contributed by atoms with Crippen molar-refractivity contribution in [3.05, 3.63) is 45.8 Å². The molecule has 1 aromatic carbocycles. The van der Waals surface area contributed by atoms with Gasteiger partial charge < -0.3 is 16.0 Å². The van der Waals surface area contributed by atoms with Gasteiger partial charge in [-0.1, -0.05) is 12.1 Å². The molecule has 2 aromatic rings. The number of hydrogen-bond acceptors (Lipinski definition) is 4. The van der Waals surface area contributed by atoms with Gasteiger partial charge in [-0.25, -0.2) is 0 Å². The van der Waals surface area contributed by atoms with Gasteiger partial charge in [0, 0.05) is 30.6 Å². The van der Waals surface area contributed by atoms with Crippen molar-refractivity contribution >= 4 is 17.2 Å². The molecule has 1 saturated heterocycles. The first-order valence-electron chi connectivity index (χ1n) is 8.60. The van der Waals surface area contributed by atoms with E-state index in [0.29, 0.717) is 6.54 Å². The van der Waals surface area contributed by atoms with Crippen molar-refractivity contribution in [3.8, 4) is 10.4 Å². The minimum Gasteiger partial charge on any atom is -0.336 e. The number of carbonyl (C=O) groups is 1. The molecule has 1 aromatic heterocycles. The topological polar surface area (TPSA) is 58.4 Å². The minimum atomic E-state index is 0.128. The molecule has 0 bridgehead atoms. The van der Waals surface area contributed by atoms with Gasteiger partial charge in [0.1, 0.15) is 0 Å². The van der Waals surface area contributed by atoms with Crippen LogP contribution >= 0.6 is 11.3 Å². The number of hydrogen-bond donors (Lipinski definition) is 2. The normalized spacial score (nSPS) is 20.2. The first-order valence-corrected chi connectivity index (χ1v) is 9.41. The first-order chi connectivity index (χ1) is 11.6. The monoisotopic (exact) mass is 341 g/mol. The van der Waals surface area contributed by atoms with Gasteiger partial charge in [0.25, 0.3) is 5.91 Å². The third kappa shape index (κ3) is 2.88. The first kappa shape index (κ1) is 15.8. The molecule has 126 valence electrons. The molecule has 2 aliphatic rings. The van der Waals surface area contributed by atoms with Crippen LogP contribution in [-0.4, -0.2) is 36.5 Å². The molecule has 5 heteroatoms. The number of nitrogens with zero attached hydrogens (tertiary/aromatic N) is 1. The van der Waals surface area contributed by atoms with E-state index in [9.17, 15) is 4.79 Å². The zero-order chi connectivity index (χ0) is 16.7. The Bertz CT molecular complexity index is 783. The third-order valence-corrected chi connectivity index (χ3v) is 6.28. The highest BCUT2D eigenvalue weighted by Crippen LogP contribution is 2.34. The summed E-state index contributed by atoms with van der Waals surface area (Å²) in [4.78, 5) is 16.7. The molecule has 4 rings (SSSR count). The third-order valence-electron chi connectivity index (χ3n) is 5.00. The van der Waals surface area contributed by atoms with Gasteiger partial charge in [0.15, 0.2) is 0 Å². The number of carbonyl (C=O) groups excluding carboxylic acids is 1. The molecule has 1 atom stereocenters. The molecule has 0 radical (unpaired) electrons. The van der Waals surface area contributed by atoms with Gasteiger partial charge in [0.05, 0.1) is 4.88 Å². The highest BCUT2D eigenvalue weighted by Gasteiger charge is 2.27. The maximum Gasteiger partial charge on any atom is 0.264 e. The summed E-state index contributed by atoms with van der Waals surface area (Å²) in [6, 6.07) is 8.96. The van der Waals surface area contributed by atoms with Crippen LogP contribution in [0.5, 0.6) is 0 Å². The summed E-state index contributed by atoms with van der Waals surface area (Å²) in [7, 11) is 0. The molecular formula is C19H23N3OS. The van der Waals surface area contributed by atoms with Crippen LogP contribution in [0.25, 0.3) is 10.4 Å². The van der Waals surface area contributed by atoms with Gasteiger partial charge in [-0.2, -0.15) is 0 Å². The largest absolute Gasteiger partial charge is 0.336 e. The second kappa shape index (κ2) is 6.31. The van der Waals surface area contributed by atoms with Gasteiger partial charge in [-0.3, -0.25) is 4.79 Å². The van der Waals surface area contributed by atoms with Crippen LogP contribution in [0.2, 0.25) is 0 Å². The van der Waals surface area contributed by atoms with Crippen molar-refractivity contribution in [2.75, 3.05) is 19.6 Å². The summed E-state index contributed by atoms with van der Waals surface area (Å²) in [6.07, 6.45) is 1.98. The quantitative estimate of drug-likeness (QED) is 0.882. The van der Waals surface area contributed by atoms with Crippen molar-refractivity contribution in [3.63, 3.8) is 0 Å². The molecule has 24 heavy (non-hydrogen) atoms. The second-order valence-electron chi connectivity index (χ2n) is 6.83. The summed E-state index contributed by atoms with van der Waals surface area (Å²) in [5.74, 6) is 0.138. The SMILES string of the molecule is Cc1cc(-c2ccc3c(c2)CCNC3)sc1C(=O)N1CC[C@H](N)C1. The van der Waals surface area contributed by atoms with Crippen molar-refractivity contribution in [2.45, 2.75) is 32.4 Å². The Labute approximate surface area is 146 Å². The number of likely N-dealkylation sites (tertiary alicyclic amines) is 1. The Morgan fingerprint density at radius 2 is 2.21 bits per heavy atom. The maximum atomic E-state index is 12.8. The number of rotatable bonds is 2. The van der Waals surface area contributed by atoms with Crippen LogP contribution in [0.1, 0.15) is 32.8 Å². The fourth-order valence-electron chi connectivity index (χ4n) is 3.58. The van der Waals surface area contributed by atoms with Gasteiger partial charge in [0.2, 0.25) is 0 Å². The highest BCUT2D eigenvalue weighted by atomic mass is 32.1. The summed E-state index contributed by atoms with van der Waals surface area (Å²) >= 11 is 1.61. The predicted molar refractivity (Wildman–Crippen MR) is 98.4 cm³/mol. The van der Waals surface area contributed by atoms with Crippen LogP contribution in [0.15, 0.2) is 24.3 Å². The lowest BCUT2D eigenvalue weighted by molar-refractivity contribution is 0.0795. The lowest BCUT2D eigenvalue weighted by atomic mass is 9.98. The number of thiophene rings is 1. The van der Waals surface area contributed by atoms with Crippen molar-refractivity contribution < 1.29 is 4.79 Å². The lowest BCUT2D eigenvalue weighted by Gasteiger charge is -2.17. The minimum absolute atomic E-state index is 0.128. The molecule has 0 spiro atoms. The highest BCUT2D eigenvalue weighted by molar-refractivity contribution is 7.17. The number of nitrogens with two attached hydrogens (primary N) is 1. The molecular weight excluding hydrogens is 318 g/mol. The van der Waals surface area contributed by atoms with E-state index in [0.717, 1.165) is 42.9 Å². The summed E-state index contributed by atoms with van der Waals surface area (Å²) < 4.78 is 0. The Hall–Kier alpha value is -1.69. The summed E-state index contributed by atoms with van der Waals surface area (Å²) in [5, 5.41) is 3.41. The van der Waals surface area contributed by atoms with E-state index in [1.807, 2.05) is 11.8 Å². The molecule has 2 aliphatic heterocycles. The van der Waals surface area contributed by atoms with E-state index >= 15 is 0 Å².